The molecule has 3 aromatic rings. The molecule has 12 N–H and O–H groups in total. The SMILES string of the molecule is CCCCCCN(CCCN[C@H](CCc1ccc(CCCCN=C(N)c2ncc(Cl)nc2C(N)=O)c2ccccc12)C(N)=O)CC(O)C(O)C(O)C(O)CO. The van der Waals surface area contributed by atoms with Crippen molar-refractivity contribution in [3.63, 3.8) is 0 Å². The largest absolute Gasteiger partial charge is 0.394 e. The number of aromatic nitrogens is 2. The predicted molar refractivity (Wildman–Crippen MR) is 214 cm³/mol. The first-order valence-electron chi connectivity index (χ1n) is 19.1. The Labute approximate surface area is 328 Å². The third-order valence-corrected chi connectivity index (χ3v) is 9.83. The van der Waals surface area contributed by atoms with Crippen LogP contribution in [0.1, 0.15) is 85.6 Å². The second-order valence-corrected chi connectivity index (χ2v) is 14.3. The maximum absolute atomic E-state index is 12.5. The van der Waals surface area contributed by atoms with Crippen LogP contribution in [-0.2, 0) is 17.6 Å². The number of aliphatic hydroxyl groups excluding tert-OH is 5. The Balaban J connectivity index is 1.54. The molecule has 16 heteroatoms. The normalized spacial score (nSPS) is 14.9. The lowest BCUT2D eigenvalue weighted by atomic mass is 9.93. The first-order chi connectivity index (χ1) is 26.4. The number of fused-ring (bicyclic) bond motifs is 1. The van der Waals surface area contributed by atoms with Gasteiger partial charge in [0.25, 0.3) is 5.91 Å². The van der Waals surface area contributed by atoms with Crippen molar-refractivity contribution in [3.05, 3.63) is 70.3 Å². The van der Waals surface area contributed by atoms with Gasteiger partial charge >= 0.3 is 0 Å². The summed E-state index contributed by atoms with van der Waals surface area (Å²) in [5, 5.41) is 55.4. The Morgan fingerprint density at radius 2 is 1.51 bits per heavy atom. The van der Waals surface area contributed by atoms with Gasteiger partial charge in [-0.2, -0.15) is 0 Å². The smallest absolute Gasteiger partial charge is 0.269 e. The molecule has 0 aliphatic heterocycles. The number of hydrogen-bond donors (Lipinski definition) is 9. The topological polar surface area (TPSA) is 267 Å². The molecule has 2 amide bonds. The predicted octanol–water partition coefficient (Wildman–Crippen LogP) is 1.19. The third-order valence-electron chi connectivity index (χ3n) is 9.65. The summed E-state index contributed by atoms with van der Waals surface area (Å²) < 4.78 is 0. The van der Waals surface area contributed by atoms with Crippen molar-refractivity contribution in [2.24, 2.45) is 22.2 Å². The van der Waals surface area contributed by atoms with Gasteiger partial charge in [0, 0.05) is 13.1 Å². The number of hydrogen-bond acceptors (Lipinski definition) is 12. The Bertz CT molecular complexity index is 1680. The van der Waals surface area contributed by atoms with Crippen LogP contribution < -0.4 is 22.5 Å². The van der Waals surface area contributed by atoms with Crippen molar-refractivity contribution in [3.8, 4) is 0 Å². The molecule has 0 saturated carbocycles. The van der Waals surface area contributed by atoms with E-state index in [2.05, 4.69) is 51.5 Å². The molecule has 0 aliphatic carbocycles. The summed E-state index contributed by atoms with van der Waals surface area (Å²) in [6.07, 6.45) is 3.34. The summed E-state index contributed by atoms with van der Waals surface area (Å²) in [7, 11) is 0. The van der Waals surface area contributed by atoms with E-state index < -0.39 is 48.9 Å². The zero-order chi connectivity index (χ0) is 40.3. The number of amidine groups is 1. The number of benzene rings is 2. The minimum atomic E-state index is -1.68. The van der Waals surface area contributed by atoms with Gasteiger partial charge in [-0.3, -0.25) is 14.6 Å². The van der Waals surface area contributed by atoms with Crippen LogP contribution in [0.3, 0.4) is 0 Å². The first-order valence-corrected chi connectivity index (χ1v) is 19.5. The summed E-state index contributed by atoms with van der Waals surface area (Å²) in [5.74, 6) is -1.16. The van der Waals surface area contributed by atoms with Crippen LogP contribution in [0.2, 0.25) is 5.15 Å². The average molecular weight is 787 g/mol. The fraction of sp³-hybridized carbons (Fsp3) is 0.564. The lowest BCUT2D eigenvalue weighted by Gasteiger charge is -2.30. The van der Waals surface area contributed by atoms with Gasteiger partial charge in [-0.15, -0.1) is 0 Å². The Morgan fingerprint density at radius 1 is 0.855 bits per heavy atom. The number of carbonyl (C=O) groups excluding carboxylic acids is 2. The van der Waals surface area contributed by atoms with Crippen LogP contribution in [0.4, 0.5) is 0 Å². The van der Waals surface area contributed by atoms with Crippen molar-refractivity contribution >= 4 is 40.0 Å². The summed E-state index contributed by atoms with van der Waals surface area (Å²) in [5.41, 5.74) is 19.6. The molecular weight excluding hydrogens is 728 g/mol. The zero-order valence-corrected chi connectivity index (χ0v) is 32.4. The molecule has 15 nitrogen and oxygen atoms in total. The van der Waals surface area contributed by atoms with E-state index in [1.165, 1.54) is 11.8 Å². The fourth-order valence-electron chi connectivity index (χ4n) is 6.50. The highest BCUT2D eigenvalue weighted by Gasteiger charge is 2.31. The number of nitrogens with two attached hydrogens (primary N) is 3. The van der Waals surface area contributed by atoms with E-state index in [4.69, 9.17) is 33.9 Å². The molecule has 0 bridgehead atoms. The number of amides is 2. The van der Waals surface area contributed by atoms with Gasteiger partial charge in [0.15, 0.2) is 5.69 Å². The van der Waals surface area contributed by atoms with Crippen molar-refractivity contribution in [2.75, 3.05) is 39.3 Å². The monoisotopic (exact) mass is 786 g/mol. The van der Waals surface area contributed by atoms with Crippen LogP contribution in [0.15, 0.2) is 47.6 Å². The molecular formula is C39H59ClN8O7. The molecule has 4 unspecified atom stereocenters. The Hall–Kier alpha value is -3.80. The molecule has 5 atom stereocenters. The molecule has 1 aromatic heterocycles. The van der Waals surface area contributed by atoms with Crippen LogP contribution >= 0.6 is 11.6 Å². The standard InChI is InChI=1S/C39H59ClN8O7/c1-2-3-4-9-20-48(23-30(50)35(52)36(53)31(51)24-49)21-10-19-44-29(38(42)54)17-16-26-15-14-25(27-12-5-6-13-28(26)27)11-7-8-18-45-37(41)33-34(39(43)55)47-32(40)22-46-33/h5-6,12-15,22,29-31,35-36,44,49-53H,2-4,7-11,16-21,23-24H2,1H3,(H2,41,45)(H2,42,54)(H2,43,55)/t29-,30?,31?,35?,36?/m1/s1. The quantitative estimate of drug-likeness (QED) is 0.0300. The molecule has 1 heterocycles. The van der Waals surface area contributed by atoms with E-state index in [1.807, 2.05) is 17.0 Å². The number of halogens is 1. The fourth-order valence-corrected chi connectivity index (χ4v) is 6.64. The molecule has 0 spiro atoms. The number of rotatable bonds is 27. The van der Waals surface area contributed by atoms with Gasteiger partial charge in [0.05, 0.1) is 24.9 Å². The summed E-state index contributed by atoms with van der Waals surface area (Å²) >= 11 is 5.84. The number of primary amides is 2. The van der Waals surface area contributed by atoms with E-state index in [-0.39, 0.29) is 28.9 Å². The van der Waals surface area contributed by atoms with E-state index in [9.17, 15) is 30.0 Å². The van der Waals surface area contributed by atoms with E-state index in [0.29, 0.717) is 45.4 Å². The first kappa shape index (κ1) is 45.6. The molecule has 0 saturated heterocycles. The van der Waals surface area contributed by atoms with Gasteiger partial charge in [-0.1, -0.05) is 74.2 Å². The van der Waals surface area contributed by atoms with E-state index in [0.717, 1.165) is 61.3 Å². The van der Waals surface area contributed by atoms with Crippen molar-refractivity contribution in [1.29, 1.82) is 0 Å². The number of aryl methyl sites for hydroxylation is 2. The van der Waals surface area contributed by atoms with E-state index >= 15 is 0 Å². The van der Waals surface area contributed by atoms with Crippen molar-refractivity contribution in [1.82, 2.24) is 20.2 Å². The van der Waals surface area contributed by atoms with Crippen LogP contribution in [0.25, 0.3) is 10.8 Å². The Kier molecular flexibility index (Phi) is 19.9. The van der Waals surface area contributed by atoms with E-state index in [1.54, 1.807) is 0 Å². The highest BCUT2D eigenvalue weighted by Crippen LogP contribution is 2.26. The van der Waals surface area contributed by atoms with Gasteiger partial charge in [-0.05, 0) is 86.5 Å². The van der Waals surface area contributed by atoms with Gasteiger partial charge < -0.3 is 53.0 Å². The number of aliphatic hydroxyl groups is 5. The molecule has 0 aliphatic rings. The molecule has 3 rings (SSSR count). The van der Waals surface area contributed by atoms with Gasteiger partial charge in [0.2, 0.25) is 5.91 Å². The second kappa shape index (κ2) is 24.0. The maximum atomic E-state index is 12.5. The maximum Gasteiger partial charge on any atom is 0.269 e. The van der Waals surface area contributed by atoms with Crippen LogP contribution in [0, 0.1) is 0 Å². The van der Waals surface area contributed by atoms with Crippen LogP contribution in [0.5, 0.6) is 0 Å². The minimum Gasteiger partial charge on any atom is -0.394 e. The Morgan fingerprint density at radius 3 is 2.15 bits per heavy atom. The molecule has 2 aromatic carbocycles. The lowest BCUT2D eigenvalue weighted by molar-refractivity contribution is -0.120. The van der Waals surface area contributed by atoms with Gasteiger partial charge in [-0.25, -0.2) is 9.97 Å². The highest BCUT2D eigenvalue weighted by atomic mass is 35.5. The number of carbonyl (C=O) groups is 2. The summed E-state index contributed by atoms with van der Waals surface area (Å²) in [6, 6.07) is 11.8. The summed E-state index contributed by atoms with van der Waals surface area (Å²) in [6.45, 7) is 3.62. The lowest BCUT2D eigenvalue weighted by Crippen LogP contribution is -2.50. The highest BCUT2D eigenvalue weighted by molar-refractivity contribution is 6.29. The van der Waals surface area contributed by atoms with Crippen LogP contribution in [-0.4, -0.2) is 128 Å². The minimum absolute atomic E-state index is 0.0337. The van der Waals surface area contributed by atoms with Gasteiger partial charge in [0.1, 0.15) is 35.0 Å². The number of aliphatic imine (C=N–C) groups is 1. The molecule has 0 radical (unpaired) electrons. The summed E-state index contributed by atoms with van der Waals surface area (Å²) in [4.78, 5) is 38.5. The van der Waals surface area contributed by atoms with Crippen molar-refractivity contribution < 1.29 is 35.1 Å². The third kappa shape index (κ3) is 14.7. The van der Waals surface area contributed by atoms with Crippen molar-refractivity contribution in [2.45, 2.75) is 102 Å². The average Bonchev–Trinajstić information content (AvgIpc) is 3.17. The molecule has 304 valence electrons. The molecule has 55 heavy (non-hydrogen) atoms. The zero-order valence-electron chi connectivity index (χ0n) is 31.7. The number of unbranched alkanes of at least 4 members (excludes halogenated alkanes) is 4. The molecule has 0 fully saturated rings. The second-order valence-electron chi connectivity index (χ2n) is 13.9. The number of nitrogens with zero attached hydrogens (tertiary/aromatic N) is 4. The number of nitrogens with one attached hydrogen (secondary N) is 1.